The zero-order chi connectivity index (χ0) is 15.4. The highest BCUT2D eigenvalue weighted by molar-refractivity contribution is 6.95. The van der Waals surface area contributed by atoms with E-state index < -0.39 is 25.2 Å². The smallest absolute Gasteiger partial charge is 0.355 e. The fourth-order valence-corrected chi connectivity index (χ4v) is 13.6. The van der Waals surface area contributed by atoms with Crippen LogP contribution in [0.15, 0.2) is 43.0 Å². The minimum Gasteiger partial charge on any atom is -0.433 e. The van der Waals surface area contributed by atoms with E-state index in [2.05, 4.69) is 70.1 Å². The molecule has 0 atom stereocenters. The summed E-state index contributed by atoms with van der Waals surface area (Å²) < 4.78 is 13.3. The van der Waals surface area contributed by atoms with Crippen LogP contribution in [0.25, 0.3) is 0 Å². The molecule has 0 amide bonds. The first-order valence-electron chi connectivity index (χ1n) is 7.15. The van der Waals surface area contributed by atoms with Gasteiger partial charge in [0.25, 0.3) is 0 Å². The van der Waals surface area contributed by atoms with E-state index in [1.54, 1.807) is 0 Å². The molecule has 0 aliphatic carbocycles. The molecule has 1 aromatic rings. The normalized spacial score (nSPS) is 13.3. The molecule has 0 aliphatic heterocycles. The molecule has 0 unspecified atom stereocenters. The zero-order valence-electron chi connectivity index (χ0n) is 13.7. The fourth-order valence-electron chi connectivity index (χ4n) is 2.21. The summed E-state index contributed by atoms with van der Waals surface area (Å²) >= 11 is 0. The molecule has 2 nitrogen and oxygen atoms in total. The molecule has 0 aliphatic rings. The molecule has 1 aromatic carbocycles. The summed E-state index contributed by atoms with van der Waals surface area (Å²) in [6.45, 7) is 17.3. The van der Waals surface area contributed by atoms with E-state index in [1.807, 2.05) is 12.1 Å². The van der Waals surface area contributed by atoms with Crippen LogP contribution in [0.1, 0.15) is 0 Å². The molecular weight excluding hydrogens is 296 g/mol. The molecule has 112 valence electrons. The Morgan fingerprint density at radius 3 is 1.70 bits per heavy atom. The summed E-state index contributed by atoms with van der Waals surface area (Å²) in [5, 5.41) is 1.23. The Morgan fingerprint density at radius 1 is 0.900 bits per heavy atom. The lowest BCUT2D eigenvalue weighted by molar-refractivity contribution is 0.399. The van der Waals surface area contributed by atoms with Crippen molar-refractivity contribution in [3.63, 3.8) is 0 Å². The van der Waals surface area contributed by atoms with E-state index in [0.29, 0.717) is 0 Å². The minimum absolute atomic E-state index is 0.811. The van der Waals surface area contributed by atoms with Gasteiger partial charge in [0.15, 0.2) is 16.6 Å². The minimum atomic E-state index is -2.44. The van der Waals surface area contributed by atoms with Gasteiger partial charge >= 0.3 is 8.56 Å². The van der Waals surface area contributed by atoms with Gasteiger partial charge in [-0.25, -0.2) is 0 Å². The average molecular weight is 325 g/mol. The first-order valence-corrected chi connectivity index (χ1v) is 16.0. The van der Waals surface area contributed by atoms with E-state index in [-0.39, 0.29) is 0 Å². The largest absolute Gasteiger partial charge is 0.433 e. The van der Waals surface area contributed by atoms with Crippen molar-refractivity contribution in [3.8, 4) is 0 Å². The number of benzene rings is 1. The monoisotopic (exact) mass is 324 g/mol. The van der Waals surface area contributed by atoms with Gasteiger partial charge < -0.3 is 8.23 Å². The van der Waals surface area contributed by atoms with Gasteiger partial charge in [-0.2, -0.15) is 0 Å². The lowest BCUT2D eigenvalue weighted by Gasteiger charge is -2.40. The third kappa shape index (κ3) is 5.49. The predicted octanol–water partition coefficient (Wildman–Crippen LogP) is 4.22. The Morgan fingerprint density at radius 2 is 1.35 bits per heavy atom. The maximum Gasteiger partial charge on any atom is 0.355 e. The standard InChI is InChI=1S/C15H28O2Si3/c1-8-14-20(16-18(2,3)4,17-19(5,6)7)15-12-10-9-11-13-15/h8-13H,1,14H2,2-7H3. The van der Waals surface area contributed by atoms with E-state index in [1.165, 1.54) is 5.19 Å². The Bertz CT molecular complexity index is 417. The molecule has 0 saturated carbocycles. The molecule has 0 heterocycles. The first kappa shape index (κ1) is 17.6. The van der Waals surface area contributed by atoms with Crippen molar-refractivity contribution in [2.75, 3.05) is 0 Å². The summed E-state index contributed by atoms with van der Waals surface area (Å²) in [5.74, 6) is 0. The van der Waals surface area contributed by atoms with E-state index in [4.69, 9.17) is 8.23 Å². The number of allylic oxidation sites excluding steroid dienone is 1. The van der Waals surface area contributed by atoms with Gasteiger partial charge in [-0.1, -0.05) is 36.4 Å². The first-order chi connectivity index (χ1) is 9.08. The van der Waals surface area contributed by atoms with Crippen LogP contribution in [-0.4, -0.2) is 25.2 Å². The van der Waals surface area contributed by atoms with Crippen molar-refractivity contribution in [2.24, 2.45) is 0 Å². The van der Waals surface area contributed by atoms with Gasteiger partial charge in [-0.05, 0) is 44.5 Å². The Labute approximate surface area is 127 Å². The second-order valence-corrected chi connectivity index (χ2v) is 19.6. The summed E-state index contributed by atoms with van der Waals surface area (Å²) in [7, 11) is -5.84. The molecule has 5 heteroatoms. The highest BCUT2D eigenvalue weighted by atomic mass is 28.5. The second-order valence-electron chi connectivity index (χ2n) is 7.04. The Hall–Kier alpha value is -0.469. The van der Waals surface area contributed by atoms with Crippen molar-refractivity contribution in [1.82, 2.24) is 0 Å². The van der Waals surface area contributed by atoms with Gasteiger partial charge in [0, 0.05) is 6.04 Å². The fraction of sp³-hybridized carbons (Fsp3) is 0.467. The van der Waals surface area contributed by atoms with Crippen molar-refractivity contribution >= 4 is 30.4 Å². The van der Waals surface area contributed by atoms with Crippen LogP contribution in [0.2, 0.25) is 45.3 Å². The molecular formula is C15H28O2Si3. The van der Waals surface area contributed by atoms with E-state index in [0.717, 1.165) is 6.04 Å². The van der Waals surface area contributed by atoms with Crippen molar-refractivity contribution in [3.05, 3.63) is 43.0 Å². The van der Waals surface area contributed by atoms with Gasteiger partial charge in [-0.3, -0.25) is 0 Å². The van der Waals surface area contributed by atoms with Gasteiger partial charge in [0.05, 0.1) is 0 Å². The Kier molecular flexibility index (Phi) is 5.74. The highest BCUT2D eigenvalue weighted by Gasteiger charge is 2.45. The molecule has 0 spiro atoms. The molecule has 0 radical (unpaired) electrons. The average Bonchev–Trinajstić information content (AvgIpc) is 2.26. The van der Waals surface area contributed by atoms with Crippen LogP contribution in [0, 0.1) is 0 Å². The maximum absolute atomic E-state index is 6.65. The van der Waals surface area contributed by atoms with Crippen molar-refractivity contribution in [1.29, 1.82) is 0 Å². The lowest BCUT2D eigenvalue weighted by atomic mass is 10.4. The van der Waals surface area contributed by atoms with E-state index >= 15 is 0 Å². The van der Waals surface area contributed by atoms with Crippen LogP contribution in [0.3, 0.4) is 0 Å². The van der Waals surface area contributed by atoms with E-state index in [9.17, 15) is 0 Å². The van der Waals surface area contributed by atoms with Crippen LogP contribution in [0.5, 0.6) is 0 Å². The Balaban J connectivity index is 3.30. The van der Waals surface area contributed by atoms with Crippen molar-refractivity contribution < 1.29 is 8.23 Å². The quantitative estimate of drug-likeness (QED) is 0.552. The van der Waals surface area contributed by atoms with Crippen LogP contribution >= 0.6 is 0 Å². The predicted molar refractivity (Wildman–Crippen MR) is 95.7 cm³/mol. The third-order valence-electron chi connectivity index (χ3n) is 2.57. The van der Waals surface area contributed by atoms with Gasteiger partial charge in [0.1, 0.15) is 0 Å². The third-order valence-corrected chi connectivity index (χ3v) is 12.1. The number of hydrogen-bond acceptors (Lipinski definition) is 2. The number of rotatable bonds is 7. The summed E-state index contributed by atoms with van der Waals surface area (Å²) in [5.41, 5.74) is 0. The molecule has 0 bridgehead atoms. The number of hydrogen-bond donors (Lipinski definition) is 0. The van der Waals surface area contributed by atoms with Crippen LogP contribution in [0.4, 0.5) is 0 Å². The molecule has 20 heavy (non-hydrogen) atoms. The van der Waals surface area contributed by atoms with Crippen LogP contribution in [-0.2, 0) is 8.23 Å². The lowest BCUT2D eigenvalue weighted by Crippen LogP contribution is -2.62. The topological polar surface area (TPSA) is 18.5 Å². The molecule has 0 fully saturated rings. The SMILES string of the molecule is C=CC[Si](O[Si](C)(C)C)(O[Si](C)(C)C)c1ccccc1. The molecule has 0 N–H and O–H groups in total. The van der Waals surface area contributed by atoms with Crippen LogP contribution < -0.4 is 5.19 Å². The molecule has 0 saturated heterocycles. The summed E-state index contributed by atoms with van der Waals surface area (Å²) in [6, 6.07) is 11.3. The zero-order valence-corrected chi connectivity index (χ0v) is 16.7. The molecule has 0 aromatic heterocycles. The highest BCUT2D eigenvalue weighted by Crippen LogP contribution is 2.24. The summed E-state index contributed by atoms with van der Waals surface area (Å²) in [6.07, 6.45) is 1.96. The van der Waals surface area contributed by atoms with Gasteiger partial charge in [0.2, 0.25) is 0 Å². The second kappa shape index (κ2) is 6.53. The maximum atomic E-state index is 6.65. The summed E-state index contributed by atoms with van der Waals surface area (Å²) in [4.78, 5) is 0. The van der Waals surface area contributed by atoms with Crippen molar-refractivity contribution in [2.45, 2.75) is 45.3 Å². The van der Waals surface area contributed by atoms with Gasteiger partial charge in [-0.15, -0.1) is 6.58 Å². The molecule has 1 rings (SSSR count).